The van der Waals surface area contributed by atoms with Crippen molar-refractivity contribution in [3.8, 4) is 0 Å². The van der Waals surface area contributed by atoms with Crippen molar-refractivity contribution in [2.45, 2.75) is 25.8 Å². The van der Waals surface area contributed by atoms with Gasteiger partial charge in [-0.3, -0.25) is 4.99 Å². The van der Waals surface area contributed by atoms with Crippen LogP contribution in [-0.4, -0.2) is 17.0 Å². The number of anilines is 1. The standard InChI is InChI=1S/C12H14ClFN2S/c1-2-8-6-7-17-12(15-8)16-10-5-3-4-9(13)11(10)14/h3-5,8H,2,6-7H2,1H3,(H,15,16). The van der Waals surface area contributed by atoms with Crippen LogP contribution in [0, 0.1) is 5.82 Å². The molecule has 1 heterocycles. The third-order valence-corrected chi connectivity index (χ3v) is 3.87. The highest BCUT2D eigenvalue weighted by Gasteiger charge is 2.15. The number of hydrogen-bond acceptors (Lipinski definition) is 3. The van der Waals surface area contributed by atoms with E-state index in [1.807, 2.05) is 0 Å². The fourth-order valence-corrected chi connectivity index (χ4v) is 2.80. The lowest BCUT2D eigenvalue weighted by molar-refractivity contribution is 0.629. The molecule has 1 N–H and O–H groups in total. The summed E-state index contributed by atoms with van der Waals surface area (Å²) in [6, 6.07) is 5.27. The Balaban J connectivity index is 2.15. The zero-order valence-electron chi connectivity index (χ0n) is 9.54. The van der Waals surface area contributed by atoms with E-state index in [0.29, 0.717) is 11.7 Å². The van der Waals surface area contributed by atoms with Crippen LogP contribution in [0.4, 0.5) is 10.1 Å². The van der Waals surface area contributed by atoms with Crippen molar-refractivity contribution in [1.29, 1.82) is 0 Å². The molecule has 0 fully saturated rings. The molecule has 1 aromatic rings. The Morgan fingerprint density at radius 3 is 3.18 bits per heavy atom. The number of benzene rings is 1. The molecular formula is C12H14ClFN2S. The lowest BCUT2D eigenvalue weighted by Gasteiger charge is -2.19. The van der Waals surface area contributed by atoms with Crippen LogP contribution in [0.1, 0.15) is 19.8 Å². The Morgan fingerprint density at radius 2 is 2.41 bits per heavy atom. The van der Waals surface area contributed by atoms with Crippen LogP contribution in [0.15, 0.2) is 23.2 Å². The maximum atomic E-state index is 13.7. The molecule has 0 saturated heterocycles. The average Bonchev–Trinajstić information content (AvgIpc) is 2.35. The minimum atomic E-state index is -0.420. The molecule has 5 heteroatoms. The Kier molecular flexibility index (Phi) is 4.29. The summed E-state index contributed by atoms with van der Waals surface area (Å²) in [6.45, 7) is 2.11. The molecule has 17 heavy (non-hydrogen) atoms. The predicted molar refractivity (Wildman–Crippen MR) is 73.6 cm³/mol. The van der Waals surface area contributed by atoms with Gasteiger partial charge >= 0.3 is 0 Å². The van der Waals surface area contributed by atoms with Crippen molar-refractivity contribution in [3.05, 3.63) is 29.0 Å². The minimum Gasteiger partial charge on any atom is -0.333 e. The number of amidine groups is 1. The van der Waals surface area contributed by atoms with Crippen molar-refractivity contribution < 1.29 is 4.39 Å². The molecule has 0 spiro atoms. The molecule has 1 atom stereocenters. The first-order valence-corrected chi connectivity index (χ1v) is 6.98. The number of rotatable bonds is 2. The SMILES string of the molecule is CCC1CCSC(Nc2cccc(Cl)c2F)=N1. The van der Waals surface area contributed by atoms with E-state index in [9.17, 15) is 4.39 Å². The van der Waals surface area contributed by atoms with E-state index in [1.165, 1.54) is 6.07 Å². The summed E-state index contributed by atoms with van der Waals surface area (Å²) < 4.78 is 13.7. The van der Waals surface area contributed by atoms with E-state index in [2.05, 4.69) is 17.2 Å². The van der Waals surface area contributed by atoms with Crippen LogP contribution in [-0.2, 0) is 0 Å². The predicted octanol–water partition coefficient (Wildman–Crippen LogP) is 4.16. The molecule has 0 bridgehead atoms. The Hall–Kier alpha value is -0.740. The minimum absolute atomic E-state index is 0.128. The largest absolute Gasteiger partial charge is 0.333 e. The van der Waals surface area contributed by atoms with Gasteiger partial charge in [-0.05, 0) is 25.0 Å². The number of thioether (sulfide) groups is 1. The van der Waals surface area contributed by atoms with Gasteiger partial charge in [0.15, 0.2) is 11.0 Å². The van der Waals surface area contributed by atoms with Gasteiger partial charge in [-0.2, -0.15) is 0 Å². The maximum Gasteiger partial charge on any atom is 0.165 e. The molecule has 1 aliphatic rings. The second-order valence-corrected chi connectivity index (χ2v) is 5.35. The van der Waals surface area contributed by atoms with Crippen molar-refractivity contribution in [2.24, 2.45) is 4.99 Å². The van der Waals surface area contributed by atoms with Crippen molar-refractivity contribution >= 4 is 34.2 Å². The maximum absolute atomic E-state index is 13.7. The summed E-state index contributed by atoms with van der Waals surface area (Å²) in [4.78, 5) is 4.53. The first kappa shape index (κ1) is 12.7. The van der Waals surface area contributed by atoms with Crippen LogP contribution >= 0.6 is 23.4 Å². The summed E-state index contributed by atoms with van der Waals surface area (Å²) in [6.07, 6.45) is 2.11. The Morgan fingerprint density at radius 1 is 1.59 bits per heavy atom. The zero-order chi connectivity index (χ0) is 12.3. The van der Waals surface area contributed by atoms with Gasteiger partial charge in [-0.1, -0.05) is 36.4 Å². The van der Waals surface area contributed by atoms with E-state index in [4.69, 9.17) is 11.6 Å². The molecule has 0 saturated carbocycles. The van der Waals surface area contributed by atoms with Gasteiger partial charge in [-0.15, -0.1) is 0 Å². The highest BCUT2D eigenvalue weighted by molar-refractivity contribution is 8.14. The first-order valence-electron chi connectivity index (χ1n) is 5.62. The monoisotopic (exact) mass is 272 g/mol. The van der Waals surface area contributed by atoms with Crippen LogP contribution in [0.2, 0.25) is 5.02 Å². The molecule has 92 valence electrons. The Labute approximate surface area is 110 Å². The quantitative estimate of drug-likeness (QED) is 0.874. The second-order valence-electron chi connectivity index (χ2n) is 3.86. The molecule has 2 nitrogen and oxygen atoms in total. The van der Waals surface area contributed by atoms with Crippen LogP contribution in [0.25, 0.3) is 0 Å². The van der Waals surface area contributed by atoms with Crippen LogP contribution < -0.4 is 5.32 Å². The number of aliphatic imine (C=N–C) groups is 1. The summed E-state index contributed by atoms with van der Waals surface area (Å²) >= 11 is 7.35. The van der Waals surface area contributed by atoms with Gasteiger partial charge in [0, 0.05) is 5.75 Å². The normalized spacial score (nSPS) is 19.9. The third kappa shape index (κ3) is 3.13. The van der Waals surface area contributed by atoms with Gasteiger partial charge in [0.2, 0.25) is 0 Å². The summed E-state index contributed by atoms with van der Waals surface area (Å²) in [5.41, 5.74) is 0.389. The van der Waals surface area contributed by atoms with Gasteiger partial charge in [0.25, 0.3) is 0 Å². The van der Waals surface area contributed by atoms with E-state index in [0.717, 1.165) is 23.8 Å². The first-order chi connectivity index (χ1) is 8.20. The molecule has 0 aliphatic carbocycles. The van der Waals surface area contributed by atoms with Gasteiger partial charge in [0.1, 0.15) is 0 Å². The number of nitrogens with zero attached hydrogens (tertiary/aromatic N) is 1. The van der Waals surface area contributed by atoms with Gasteiger partial charge in [0.05, 0.1) is 16.8 Å². The van der Waals surface area contributed by atoms with Crippen LogP contribution in [0.3, 0.4) is 0 Å². The van der Waals surface area contributed by atoms with Gasteiger partial charge < -0.3 is 5.32 Å². The zero-order valence-corrected chi connectivity index (χ0v) is 11.1. The fraction of sp³-hybridized carbons (Fsp3) is 0.417. The fourth-order valence-electron chi connectivity index (χ4n) is 1.64. The van der Waals surface area contributed by atoms with Crippen molar-refractivity contribution in [2.75, 3.05) is 11.1 Å². The lowest BCUT2D eigenvalue weighted by atomic mass is 10.2. The van der Waals surface area contributed by atoms with Crippen LogP contribution in [0.5, 0.6) is 0 Å². The van der Waals surface area contributed by atoms with E-state index < -0.39 is 5.82 Å². The molecular weight excluding hydrogens is 259 g/mol. The smallest absolute Gasteiger partial charge is 0.165 e. The third-order valence-electron chi connectivity index (χ3n) is 2.65. The number of hydrogen-bond donors (Lipinski definition) is 1. The van der Waals surface area contributed by atoms with E-state index >= 15 is 0 Å². The van der Waals surface area contributed by atoms with Gasteiger partial charge in [-0.25, -0.2) is 4.39 Å². The van der Waals surface area contributed by atoms with Crippen molar-refractivity contribution in [3.63, 3.8) is 0 Å². The molecule has 1 aliphatic heterocycles. The second kappa shape index (κ2) is 5.74. The van der Waals surface area contributed by atoms with E-state index in [-0.39, 0.29) is 5.02 Å². The lowest BCUT2D eigenvalue weighted by Crippen LogP contribution is -2.20. The molecule has 0 amide bonds. The molecule has 0 aromatic heterocycles. The van der Waals surface area contributed by atoms with Crippen molar-refractivity contribution in [1.82, 2.24) is 0 Å². The molecule has 1 aromatic carbocycles. The molecule has 1 unspecified atom stereocenters. The highest BCUT2D eigenvalue weighted by atomic mass is 35.5. The average molecular weight is 273 g/mol. The van der Waals surface area contributed by atoms with E-state index in [1.54, 1.807) is 23.9 Å². The summed E-state index contributed by atoms with van der Waals surface area (Å²) in [5, 5.41) is 3.92. The topological polar surface area (TPSA) is 24.4 Å². The molecule has 2 rings (SSSR count). The number of halogens is 2. The molecule has 0 radical (unpaired) electrons. The highest BCUT2D eigenvalue weighted by Crippen LogP contribution is 2.25. The Bertz CT molecular complexity index is 437. The summed E-state index contributed by atoms with van der Waals surface area (Å²) in [5.74, 6) is 0.600. The summed E-state index contributed by atoms with van der Waals surface area (Å²) in [7, 11) is 0. The number of nitrogens with one attached hydrogen (secondary N) is 1.